The number of oxime groups is 1. The van der Waals surface area contributed by atoms with Gasteiger partial charge < -0.3 is 9.57 Å². The van der Waals surface area contributed by atoms with Crippen molar-refractivity contribution in [1.82, 2.24) is 0 Å². The zero-order valence-electron chi connectivity index (χ0n) is 10.7. The van der Waals surface area contributed by atoms with Crippen LogP contribution in [0.3, 0.4) is 0 Å². The topological polar surface area (TPSA) is 47.9 Å². The van der Waals surface area contributed by atoms with Crippen LogP contribution in [-0.4, -0.2) is 24.4 Å². The fourth-order valence-electron chi connectivity index (χ4n) is 2.01. The van der Waals surface area contributed by atoms with Crippen molar-refractivity contribution in [1.29, 1.82) is 0 Å². The molecular formula is C14H17NO3. The van der Waals surface area contributed by atoms with Crippen molar-refractivity contribution in [2.75, 3.05) is 7.11 Å². The van der Waals surface area contributed by atoms with E-state index in [2.05, 4.69) is 17.3 Å². The smallest absolute Gasteiger partial charge is 0.353 e. The van der Waals surface area contributed by atoms with Crippen LogP contribution in [0.2, 0.25) is 0 Å². The number of hydrogen-bond donors (Lipinski definition) is 0. The van der Waals surface area contributed by atoms with E-state index in [4.69, 9.17) is 9.57 Å². The van der Waals surface area contributed by atoms with E-state index in [1.165, 1.54) is 12.7 Å². The Morgan fingerprint density at radius 1 is 1.39 bits per heavy atom. The summed E-state index contributed by atoms with van der Waals surface area (Å²) in [6.45, 7) is 1.71. The van der Waals surface area contributed by atoms with Crippen LogP contribution in [-0.2, 0) is 20.8 Å². The second kappa shape index (κ2) is 5.21. The van der Waals surface area contributed by atoms with E-state index in [0.717, 1.165) is 18.6 Å². The SMILES string of the molecule is COC(=O)C1(C)CC(CCc2ccccc2)=NO1. The maximum absolute atomic E-state index is 11.5. The number of nitrogens with zero attached hydrogens (tertiary/aromatic N) is 1. The molecule has 1 unspecified atom stereocenters. The van der Waals surface area contributed by atoms with E-state index in [1.807, 2.05) is 18.2 Å². The first-order chi connectivity index (χ1) is 8.64. The monoisotopic (exact) mass is 247 g/mol. The molecule has 0 N–H and O–H groups in total. The van der Waals surface area contributed by atoms with Gasteiger partial charge >= 0.3 is 5.97 Å². The number of methoxy groups -OCH3 is 1. The van der Waals surface area contributed by atoms with Crippen molar-refractivity contribution < 1.29 is 14.4 Å². The molecule has 0 saturated heterocycles. The molecule has 0 spiro atoms. The fraction of sp³-hybridized carbons (Fsp3) is 0.429. The lowest BCUT2D eigenvalue weighted by molar-refractivity contribution is -0.164. The molecule has 0 fully saturated rings. The quantitative estimate of drug-likeness (QED) is 0.767. The van der Waals surface area contributed by atoms with Crippen LogP contribution in [0.1, 0.15) is 25.3 Å². The summed E-state index contributed by atoms with van der Waals surface area (Å²) in [7, 11) is 1.36. The predicted octanol–water partition coefficient (Wildman–Crippen LogP) is 2.33. The van der Waals surface area contributed by atoms with Gasteiger partial charge in [0.15, 0.2) is 0 Å². The first kappa shape index (κ1) is 12.6. The van der Waals surface area contributed by atoms with Gasteiger partial charge in [0.1, 0.15) is 0 Å². The summed E-state index contributed by atoms with van der Waals surface area (Å²) in [4.78, 5) is 16.7. The minimum Gasteiger partial charge on any atom is -0.466 e. The summed E-state index contributed by atoms with van der Waals surface area (Å²) in [5.74, 6) is -0.374. The Kier molecular flexibility index (Phi) is 3.65. The number of esters is 1. The van der Waals surface area contributed by atoms with Gasteiger partial charge in [-0.15, -0.1) is 0 Å². The molecule has 2 rings (SSSR count). The molecule has 96 valence electrons. The first-order valence-corrected chi connectivity index (χ1v) is 6.00. The third-order valence-electron chi connectivity index (χ3n) is 3.08. The van der Waals surface area contributed by atoms with Crippen LogP contribution in [0, 0.1) is 0 Å². The molecule has 1 aromatic rings. The fourth-order valence-corrected chi connectivity index (χ4v) is 2.01. The highest BCUT2D eigenvalue weighted by Crippen LogP contribution is 2.26. The van der Waals surface area contributed by atoms with Gasteiger partial charge in [-0.25, -0.2) is 4.79 Å². The number of rotatable bonds is 4. The molecule has 0 saturated carbocycles. The van der Waals surface area contributed by atoms with Crippen molar-refractivity contribution >= 4 is 11.7 Å². The first-order valence-electron chi connectivity index (χ1n) is 6.00. The lowest BCUT2D eigenvalue weighted by atomic mass is 9.96. The summed E-state index contributed by atoms with van der Waals surface area (Å²) in [5.41, 5.74) is 1.22. The van der Waals surface area contributed by atoms with Crippen molar-refractivity contribution in [3.05, 3.63) is 35.9 Å². The molecule has 0 radical (unpaired) electrons. The van der Waals surface area contributed by atoms with Crippen molar-refractivity contribution in [2.24, 2.45) is 5.16 Å². The van der Waals surface area contributed by atoms with Gasteiger partial charge in [-0.2, -0.15) is 0 Å². The molecular weight excluding hydrogens is 230 g/mol. The van der Waals surface area contributed by atoms with E-state index in [-0.39, 0.29) is 5.97 Å². The van der Waals surface area contributed by atoms with Crippen LogP contribution in [0.25, 0.3) is 0 Å². The third kappa shape index (κ3) is 2.70. The van der Waals surface area contributed by atoms with E-state index in [9.17, 15) is 4.79 Å². The Morgan fingerprint density at radius 3 is 2.78 bits per heavy atom. The van der Waals surface area contributed by atoms with Crippen LogP contribution >= 0.6 is 0 Å². The molecule has 0 amide bonds. The summed E-state index contributed by atoms with van der Waals surface area (Å²) in [6, 6.07) is 10.2. The molecule has 4 heteroatoms. The van der Waals surface area contributed by atoms with Gasteiger partial charge in [-0.1, -0.05) is 35.5 Å². The molecule has 1 atom stereocenters. The second-order valence-corrected chi connectivity index (χ2v) is 4.63. The zero-order chi connectivity index (χ0) is 13.0. The maximum Gasteiger partial charge on any atom is 0.353 e. The largest absolute Gasteiger partial charge is 0.466 e. The summed E-state index contributed by atoms with van der Waals surface area (Å²) < 4.78 is 4.71. The highest BCUT2D eigenvalue weighted by Gasteiger charge is 2.42. The van der Waals surface area contributed by atoms with Crippen molar-refractivity contribution in [2.45, 2.75) is 31.8 Å². The van der Waals surface area contributed by atoms with Gasteiger partial charge in [0.25, 0.3) is 0 Å². The molecule has 0 bridgehead atoms. The zero-order valence-corrected chi connectivity index (χ0v) is 10.7. The Hall–Kier alpha value is -1.84. The molecule has 4 nitrogen and oxygen atoms in total. The third-order valence-corrected chi connectivity index (χ3v) is 3.08. The highest BCUT2D eigenvalue weighted by molar-refractivity contribution is 5.93. The van der Waals surface area contributed by atoms with Gasteiger partial charge in [-0.3, -0.25) is 0 Å². The number of aryl methyl sites for hydroxylation is 1. The Labute approximate surface area is 107 Å². The van der Waals surface area contributed by atoms with Gasteiger partial charge in [0.2, 0.25) is 5.60 Å². The summed E-state index contributed by atoms with van der Waals surface area (Å²) in [5, 5.41) is 3.99. The van der Waals surface area contributed by atoms with Crippen molar-refractivity contribution in [3.8, 4) is 0 Å². The summed E-state index contributed by atoms with van der Waals surface area (Å²) >= 11 is 0. The molecule has 0 aliphatic carbocycles. The van der Waals surface area contributed by atoms with Crippen LogP contribution < -0.4 is 0 Å². The van der Waals surface area contributed by atoms with Crippen LogP contribution in [0.5, 0.6) is 0 Å². The van der Waals surface area contributed by atoms with Gasteiger partial charge in [-0.05, 0) is 25.3 Å². The lowest BCUT2D eigenvalue weighted by Gasteiger charge is -2.17. The maximum atomic E-state index is 11.5. The van der Waals surface area contributed by atoms with Crippen LogP contribution in [0.4, 0.5) is 0 Å². The Balaban J connectivity index is 1.88. The van der Waals surface area contributed by atoms with E-state index in [0.29, 0.717) is 6.42 Å². The Bertz CT molecular complexity index is 455. The number of ether oxygens (including phenoxy) is 1. The minimum atomic E-state index is -0.944. The number of benzene rings is 1. The number of carbonyl (C=O) groups excluding carboxylic acids is 1. The number of hydrogen-bond acceptors (Lipinski definition) is 4. The standard InChI is InChI=1S/C14H17NO3/c1-14(13(16)17-2)10-12(15-18-14)9-8-11-6-4-3-5-7-11/h3-7H,8-10H2,1-2H3. The second-order valence-electron chi connectivity index (χ2n) is 4.63. The summed E-state index contributed by atoms with van der Waals surface area (Å²) in [6.07, 6.45) is 2.21. The minimum absolute atomic E-state index is 0.374. The van der Waals surface area contributed by atoms with Crippen LogP contribution in [0.15, 0.2) is 35.5 Å². The highest BCUT2D eigenvalue weighted by atomic mass is 16.7. The average molecular weight is 247 g/mol. The van der Waals surface area contributed by atoms with E-state index in [1.54, 1.807) is 6.92 Å². The number of carbonyl (C=O) groups is 1. The predicted molar refractivity (Wildman–Crippen MR) is 68.3 cm³/mol. The van der Waals surface area contributed by atoms with Gasteiger partial charge in [0, 0.05) is 6.42 Å². The Morgan fingerprint density at radius 2 is 2.11 bits per heavy atom. The lowest BCUT2D eigenvalue weighted by Crippen LogP contribution is -2.36. The molecule has 1 aliphatic rings. The molecule has 1 aromatic carbocycles. The van der Waals surface area contributed by atoms with Gasteiger partial charge in [0.05, 0.1) is 12.8 Å². The average Bonchev–Trinajstić information content (AvgIpc) is 2.80. The molecule has 0 aromatic heterocycles. The van der Waals surface area contributed by atoms with Crippen molar-refractivity contribution in [3.63, 3.8) is 0 Å². The molecule has 1 heterocycles. The van der Waals surface area contributed by atoms with E-state index >= 15 is 0 Å². The van der Waals surface area contributed by atoms with E-state index < -0.39 is 5.60 Å². The molecule has 1 aliphatic heterocycles. The normalized spacial score (nSPS) is 22.2. The molecule has 18 heavy (non-hydrogen) atoms.